The van der Waals surface area contributed by atoms with Crippen LogP contribution in [-0.4, -0.2) is 35.7 Å². The van der Waals surface area contributed by atoms with E-state index in [1.165, 1.54) is 0 Å². The summed E-state index contributed by atoms with van der Waals surface area (Å²) in [6, 6.07) is 16.4. The van der Waals surface area contributed by atoms with Gasteiger partial charge in [0.25, 0.3) is 0 Å². The van der Waals surface area contributed by atoms with Crippen LogP contribution in [0.25, 0.3) is 0 Å². The summed E-state index contributed by atoms with van der Waals surface area (Å²) in [5, 5.41) is 4.38. The molecule has 5 nitrogen and oxygen atoms in total. The predicted molar refractivity (Wildman–Crippen MR) is 114 cm³/mol. The number of para-hydroxylation sites is 1. The van der Waals surface area contributed by atoms with E-state index in [4.69, 9.17) is 21.1 Å². The number of rotatable bonds is 6. The summed E-state index contributed by atoms with van der Waals surface area (Å²) >= 11 is 5.96. The number of hydrogen-bond donors (Lipinski definition) is 1. The monoisotopic (exact) mass is 414 g/mol. The summed E-state index contributed by atoms with van der Waals surface area (Å²) in [6.45, 7) is 3.02. The lowest BCUT2D eigenvalue weighted by Crippen LogP contribution is -2.51. The van der Waals surface area contributed by atoms with Gasteiger partial charge >= 0.3 is 6.09 Å². The summed E-state index contributed by atoms with van der Waals surface area (Å²) in [4.78, 5) is 14.2. The minimum Gasteiger partial charge on any atom is -0.457 e. The quantitative estimate of drug-likeness (QED) is 0.690. The molecule has 2 aliphatic rings. The molecule has 0 aromatic heterocycles. The van der Waals surface area contributed by atoms with Crippen molar-refractivity contribution in [3.8, 4) is 11.5 Å². The van der Waals surface area contributed by atoms with Gasteiger partial charge in [-0.25, -0.2) is 4.79 Å². The van der Waals surface area contributed by atoms with Gasteiger partial charge in [-0.15, -0.1) is 0 Å². The number of ether oxygens (including phenoxy) is 2. The number of fused-ring (bicyclic) bond motifs is 2. The Morgan fingerprint density at radius 3 is 2.48 bits per heavy atom. The van der Waals surface area contributed by atoms with E-state index < -0.39 is 0 Å². The number of nitrogens with one attached hydrogen (secondary N) is 1. The summed E-state index contributed by atoms with van der Waals surface area (Å²) in [5.74, 6) is 1.61. The van der Waals surface area contributed by atoms with E-state index >= 15 is 0 Å². The third kappa shape index (κ3) is 4.68. The van der Waals surface area contributed by atoms with Gasteiger partial charge in [0.05, 0.1) is 6.61 Å². The Morgan fingerprint density at radius 2 is 1.79 bits per heavy atom. The third-order valence-corrected chi connectivity index (χ3v) is 6.06. The van der Waals surface area contributed by atoms with Crippen molar-refractivity contribution < 1.29 is 14.3 Å². The largest absolute Gasteiger partial charge is 0.457 e. The summed E-state index contributed by atoms with van der Waals surface area (Å²) in [5.41, 5.74) is 1.11. The first kappa shape index (κ1) is 20.0. The van der Waals surface area contributed by atoms with Crippen molar-refractivity contribution in [1.82, 2.24) is 10.2 Å². The second-order valence-corrected chi connectivity index (χ2v) is 8.14. The third-order valence-electron chi connectivity index (χ3n) is 5.81. The molecular weight excluding hydrogens is 388 g/mol. The minimum absolute atomic E-state index is 0.153. The lowest BCUT2D eigenvalue weighted by molar-refractivity contribution is 0.0658. The topological polar surface area (TPSA) is 50.8 Å². The van der Waals surface area contributed by atoms with Crippen molar-refractivity contribution in [3.05, 3.63) is 59.1 Å². The fourth-order valence-electron chi connectivity index (χ4n) is 4.47. The van der Waals surface area contributed by atoms with E-state index in [-0.39, 0.29) is 18.2 Å². The maximum absolute atomic E-state index is 12.2. The first-order valence-corrected chi connectivity index (χ1v) is 10.7. The lowest BCUT2D eigenvalue weighted by Gasteiger charge is -2.38. The number of nitrogens with zero attached hydrogens (tertiary/aromatic N) is 1. The van der Waals surface area contributed by atoms with E-state index in [1.807, 2.05) is 54.3 Å². The molecule has 2 unspecified atom stereocenters. The van der Waals surface area contributed by atoms with Gasteiger partial charge in [-0.05, 0) is 62.9 Å². The van der Waals surface area contributed by atoms with Crippen molar-refractivity contribution in [2.45, 2.75) is 57.3 Å². The fraction of sp³-hybridized carbons (Fsp3) is 0.435. The molecule has 2 heterocycles. The molecule has 1 amide bonds. The van der Waals surface area contributed by atoms with E-state index in [9.17, 15) is 4.79 Å². The number of carbonyl (C=O) groups excluding carboxylic acids is 1. The highest BCUT2D eigenvalue weighted by molar-refractivity contribution is 6.30. The second-order valence-electron chi connectivity index (χ2n) is 7.70. The number of benzene rings is 2. The van der Waals surface area contributed by atoms with Gasteiger partial charge in [-0.1, -0.05) is 29.8 Å². The van der Waals surface area contributed by atoms with Crippen LogP contribution in [0, 0.1) is 0 Å². The van der Waals surface area contributed by atoms with E-state index in [0.717, 1.165) is 49.3 Å². The molecule has 0 spiro atoms. The maximum Gasteiger partial charge on any atom is 0.410 e. The molecule has 0 aliphatic carbocycles. The van der Waals surface area contributed by atoms with Crippen molar-refractivity contribution in [2.75, 3.05) is 6.61 Å². The molecule has 4 rings (SSSR count). The van der Waals surface area contributed by atoms with Gasteiger partial charge < -0.3 is 19.7 Å². The molecule has 29 heavy (non-hydrogen) atoms. The maximum atomic E-state index is 12.2. The Balaban J connectivity index is 1.37. The van der Waals surface area contributed by atoms with Crippen LogP contribution >= 0.6 is 11.6 Å². The van der Waals surface area contributed by atoms with E-state index in [0.29, 0.717) is 17.7 Å². The highest BCUT2D eigenvalue weighted by Gasteiger charge is 2.43. The average molecular weight is 415 g/mol. The molecule has 0 radical (unpaired) electrons. The Kier molecular flexibility index (Phi) is 6.26. The average Bonchev–Trinajstić information content (AvgIpc) is 3.00. The normalized spacial score (nSPS) is 23.1. The first-order chi connectivity index (χ1) is 14.1. The van der Waals surface area contributed by atoms with Crippen LogP contribution in [0.3, 0.4) is 0 Å². The number of amides is 1. The van der Waals surface area contributed by atoms with Gasteiger partial charge in [0.2, 0.25) is 0 Å². The van der Waals surface area contributed by atoms with E-state index in [1.54, 1.807) is 0 Å². The SMILES string of the molecule is CCOC(=O)N1C2CCC1CC(NCc1ccccc1Oc1ccc(Cl)cc1)C2. The van der Waals surface area contributed by atoms with E-state index in [2.05, 4.69) is 11.4 Å². The molecule has 2 saturated heterocycles. The van der Waals surface area contributed by atoms with Gasteiger partial charge in [-0.2, -0.15) is 0 Å². The zero-order valence-corrected chi connectivity index (χ0v) is 17.4. The molecule has 2 aromatic carbocycles. The standard InChI is InChI=1S/C23H27ClN2O3/c1-2-28-23(27)26-19-9-10-20(26)14-18(13-19)25-15-16-5-3-4-6-22(16)29-21-11-7-17(24)8-12-21/h3-8,11-12,18-20,25H,2,9-10,13-15H2,1H3. The number of halogens is 1. The first-order valence-electron chi connectivity index (χ1n) is 10.3. The molecular formula is C23H27ClN2O3. The molecule has 6 heteroatoms. The molecule has 1 N–H and O–H groups in total. The van der Waals surface area contributed by atoms with Gasteiger partial charge in [0, 0.05) is 35.3 Å². The number of piperidine rings is 1. The molecule has 154 valence electrons. The zero-order valence-electron chi connectivity index (χ0n) is 16.6. The molecule has 2 bridgehead atoms. The minimum atomic E-state index is -0.153. The van der Waals surface area contributed by atoms with Crippen molar-refractivity contribution in [3.63, 3.8) is 0 Å². The number of hydrogen-bond acceptors (Lipinski definition) is 4. The van der Waals surface area contributed by atoms with Gasteiger partial charge in [0.1, 0.15) is 11.5 Å². The second kappa shape index (κ2) is 9.06. The number of carbonyl (C=O) groups is 1. The lowest BCUT2D eigenvalue weighted by atomic mass is 9.97. The van der Waals surface area contributed by atoms with Crippen LogP contribution < -0.4 is 10.1 Å². The van der Waals surface area contributed by atoms with Crippen molar-refractivity contribution >= 4 is 17.7 Å². The molecule has 2 aromatic rings. The van der Waals surface area contributed by atoms with Crippen LogP contribution in [0.5, 0.6) is 11.5 Å². The van der Waals surface area contributed by atoms with Crippen LogP contribution in [-0.2, 0) is 11.3 Å². The van der Waals surface area contributed by atoms with Crippen LogP contribution in [0.1, 0.15) is 38.2 Å². The molecule has 2 aliphatic heterocycles. The molecule has 2 fully saturated rings. The Bertz CT molecular complexity index is 828. The highest BCUT2D eigenvalue weighted by Crippen LogP contribution is 2.36. The summed E-state index contributed by atoms with van der Waals surface area (Å²) < 4.78 is 11.3. The fourth-order valence-corrected chi connectivity index (χ4v) is 4.60. The van der Waals surface area contributed by atoms with Crippen LogP contribution in [0.4, 0.5) is 4.79 Å². The zero-order chi connectivity index (χ0) is 20.2. The highest BCUT2D eigenvalue weighted by atomic mass is 35.5. The van der Waals surface area contributed by atoms with Crippen molar-refractivity contribution in [2.24, 2.45) is 0 Å². The summed E-state index contributed by atoms with van der Waals surface area (Å²) in [7, 11) is 0. The van der Waals surface area contributed by atoms with Crippen LogP contribution in [0.2, 0.25) is 5.02 Å². The molecule has 2 atom stereocenters. The Morgan fingerprint density at radius 1 is 1.10 bits per heavy atom. The Hall–Kier alpha value is -2.24. The Labute approximate surface area is 176 Å². The predicted octanol–water partition coefficient (Wildman–Crippen LogP) is 5.37. The molecule has 0 saturated carbocycles. The summed E-state index contributed by atoms with van der Waals surface area (Å²) in [6.07, 6.45) is 3.92. The van der Waals surface area contributed by atoms with Gasteiger partial charge in [0.15, 0.2) is 0 Å². The van der Waals surface area contributed by atoms with Crippen LogP contribution in [0.15, 0.2) is 48.5 Å². The smallest absolute Gasteiger partial charge is 0.410 e. The van der Waals surface area contributed by atoms with Gasteiger partial charge in [-0.3, -0.25) is 0 Å². The van der Waals surface area contributed by atoms with Crippen molar-refractivity contribution in [1.29, 1.82) is 0 Å².